The van der Waals surface area contributed by atoms with Crippen molar-refractivity contribution in [3.05, 3.63) is 51.7 Å². The van der Waals surface area contributed by atoms with E-state index in [-0.39, 0.29) is 11.4 Å². The number of nitrogens with zero attached hydrogens (tertiary/aromatic N) is 1. The lowest BCUT2D eigenvalue weighted by molar-refractivity contribution is 0.580. The fraction of sp³-hybridized carbons (Fsp3) is 0.312. The predicted molar refractivity (Wildman–Crippen MR) is 104 cm³/mol. The fourth-order valence-electron chi connectivity index (χ4n) is 1.99. The standard InChI is InChI=1S/C16H21ClN4O2S2/c1-2-18-16(20-12-14-6-4-10-24-14)19-8-9-21-25(22,23)15-7-3-5-13(17)11-15/h3-7,10-11,21H,2,8-9,12H2,1H3,(H2,18,19,20). The molecule has 0 radical (unpaired) electrons. The van der Waals surface area contributed by atoms with Gasteiger partial charge in [-0.25, -0.2) is 18.1 Å². The monoisotopic (exact) mass is 400 g/mol. The Labute approximate surface area is 157 Å². The highest BCUT2D eigenvalue weighted by molar-refractivity contribution is 7.89. The van der Waals surface area contributed by atoms with Gasteiger partial charge in [0.15, 0.2) is 5.96 Å². The Hall–Kier alpha value is -1.61. The third kappa shape index (κ3) is 6.66. The van der Waals surface area contributed by atoms with Crippen molar-refractivity contribution in [1.82, 2.24) is 15.4 Å². The van der Waals surface area contributed by atoms with Crippen molar-refractivity contribution < 1.29 is 8.42 Å². The summed E-state index contributed by atoms with van der Waals surface area (Å²) in [4.78, 5) is 5.79. The molecule has 0 saturated carbocycles. The molecular weight excluding hydrogens is 380 g/mol. The first kappa shape index (κ1) is 19.7. The molecule has 6 nitrogen and oxygen atoms in total. The van der Waals surface area contributed by atoms with Crippen molar-refractivity contribution in [3.63, 3.8) is 0 Å². The number of guanidine groups is 1. The molecule has 0 aliphatic carbocycles. The Morgan fingerprint density at radius 1 is 1.20 bits per heavy atom. The van der Waals surface area contributed by atoms with Gasteiger partial charge in [0.1, 0.15) is 0 Å². The van der Waals surface area contributed by atoms with Gasteiger partial charge in [-0.2, -0.15) is 0 Å². The summed E-state index contributed by atoms with van der Waals surface area (Å²) < 4.78 is 26.9. The van der Waals surface area contributed by atoms with Crippen LogP contribution in [-0.4, -0.2) is 34.0 Å². The topological polar surface area (TPSA) is 82.6 Å². The lowest BCUT2D eigenvalue weighted by atomic mass is 10.4. The summed E-state index contributed by atoms with van der Waals surface area (Å²) in [5.74, 6) is 0.651. The van der Waals surface area contributed by atoms with Crippen LogP contribution in [0.1, 0.15) is 11.8 Å². The van der Waals surface area contributed by atoms with E-state index in [4.69, 9.17) is 11.6 Å². The van der Waals surface area contributed by atoms with Crippen LogP contribution >= 0.6 is 22.9 Å². The molecule has 0 unspecified atom stereocenters. The normalized spacial score (nSPS) is 12.2. The minimum atomic E-state index is -3.57. The molecule has 1 aromatic carbocycles. The van der Waals surface area contributed by atoms with Crippen LogP contribution in [0.2, 0.25) is 5.02 Å². The smallest absolute Gasteiger partial charge is 0.240 e. The van der Waals surface area contributed by atoms with E-state index in [0.29, 0.717) is 24.1 Å². The summed E-state index contributed by atoms with van der Waals surface area (Å²) in [6.07, 6.45) is 0. The number of hydrogen-bond acceptors (Lipinski definition) is 4. The highest BCUT2D eigenvalue weighted by atomic mass is 35.5. The highest BCUT2D eigenvalue weighted by Gasteiger charge is 2.13. The third-order valence-corrected chi connectivity index (χ3v) is 5.69. The number of halogens is 1. The van der Waals surface area contributed by atoms with Gasteiger partial charge in [0.25, 0.3) is 0 Å². The molecular formula is C16H21ClN4O2S2. The predicted octanol–water partition coefficient (Wildman–Crippen LogP) is 2.44. The van der Waals surface area contributed by atoms with Crippen LogP contribution in [0.5, 0.6) is 0 Å². The van der Waals surface area contributed by atoms with Gasteiger partial charge in [0.2, 0.25) is 10.0 Å². The van der Waals surface area contributed by atoms with Gasteiger partial charge in [-0.15, -0.1) is 11.3 Å². The van der Waals surface area contributed by atoms with Gasteiger partial charge in [-0.05, 0) is 36.6 Å². The Kier molecular flexibility index (Phi) is 7.70. The van der Waals surface area contributed by atoms with Crippen molar-refractivity contribution >= 4 is 38.9 Å². The van der Waals surface area contributed by atoms with E-state index in [9.17, 15) is 8.42 Å². The van der Waals surface area contributed by atoms with Gasteiger partial charge in [0, 0.05) is 29.5 Å². The van der Waals surface area contributed by atoms with Crippen LogP contribution in [0.3, 0.4) is 0 Å². The minimum Gasteiger partial charge on any atom is -0.357 e. The van der Waals surface area contributed by atoms with Crippen LogP contribution in [0.15, 0.2) is 51.7 Å². The first-order chi connectivity index (χ1) is 12.0. The molecule has 1 aromatic heterocycles. The molecule has 136 valence electrons. The molecule has 0 aliphatic heterocycles. The van der Waals surface area contributed by atoms with Gasteiger partial charge < -0.3 is 10.6 Å². The quantitative estimate of drug-likeness (QED) is 0.361. The first-order valence-corrected chi connectivity index (χ1v) is 10.5. The average Bonchev–Trinajstić information content (AvgIpc) is 3.10. The van der Waals surface area contributed by atoms with Gasteiger partial charge in [-0.3, -0.25) is 0 Å². The van der Waals surface area contributed by atoms with Crippen molar-refractivity contribution in [2.24, 2.45) is 4.99 Å². The molecule has 0 atom stereocenters. The maximum Gasteiger partial charge on any atom is 0.240 e. The summed E-state index contributed by atoms with van der Waals surface area (Å²) in [7, 11) is -3.57. The number of rotatable bonds is 8. The largest absolute Gasteiger partial charge is 0.357 e. The molecule has 0 aliphatic rings. The summed E-state index contributed by atoms with van der Waals surface area (Å²) in [6.45, 7) is 3.93. The number of sulfonamides is 1. The summed E-state index contributed by atoms with van der Waals surface area (Å²) in [5, 5.41) is 8.63. The molecule has 0 fully saturated rings. The van der Waals surface area contributed by atoms with E-state index in [2.05, 4.69) is 20.3 Å². The van der Waals surface area contributed by atoms with Gasteiger partial charge in [-0.1, -0.05) is 23.7 Å². The summed E-state index contributed by atoms with van der Waals surface area (Å²) >= 11 is 7.49. The van der Waals surface area contributed by atoms with E-state index in [1.807, 2.05) is 24.4 Å². The zero-order chi connectivity index (χ0) is 18.1. The number of thiophene rings is 1. The Morgan fingerprint density at radius 3 is 2.72 bits per heavy atom. The van der Waals surface area contributed by atoms with E-state index in [0.717, 1.165) is 6.54 Å². The van der Waals surface area contributed by atoms with Crippen molar-refractivity contribution in [2.45, 2.75) is 18.4 Å². The minimum absolute atomic E-state index is 0.151. The maximum atomic E-state index is 12.2. The van der Waals surface area contributed by atoms with Crippen LogP contribution in [-0.2, 0) is 16.6 Å². The van der Waals surface area contributed by atoms with Crippen LogP contribution in [0.25, 0.3) is 0 Å². The summed E-state index contributed by atoms with van der Waals surface area (Å²) in [5.41, 5.74) is 0. The van der Waals surface area contributed by atoms with Crippen molar-refractivity contribution in [3.8, 4) is 0 Å². The van der Waals surface area contributed by atoms with Gasteiger partial charge >= 0.3 is 0 Å². The Morgan fingerprint density at radius 2 is 2.04 bits per heavy atom. The molecule has 0 amide bonds. The molecule has 0 spiro atoms. The van der Waals surface area contributed by atoms with Crippen LogP contribution in [0.4, 0.5) is 0 Å². The molecule has 9 heteroatoms. The van der Waals surface area contributed by atoms with Crippen molar-refractivity contribution in [2.75, 3.05) is 19.6 Å². The van der Waals surface area contributed by atoms with Crippen molar-refractivity contribution in [1.29, 1.82) is 0 Å². The number of aliphatic imine (C=N–C) groups is 1. The molecule has 0 bridgehead atoms. The first-order valence-electron chi connectivity index (χ1n) is 7.81. The van der Waals surface area contributed by atoms with E-state index >= 15 is 0 Å². The maximum absolute atomic E-state index is 12.2. The molecule has 3 N–H and O–H groups in total. The molecule has 1 heterocycles. The molecule has 2 rings (SSSR count). The molecule has 25 heavy (non-hydrogen) atoms. The lowest BCUT2D eigenvalue weighted by Gasteiger charge is -2.12. The number of nitrogens with one attached hydrogen (secondary N) is 3. The zero-order valence-electron chi connectivity index (χ0n) is 13.8. The second-order valence-electron chi connectivity index (χ2n) is 5.06. The molecule has 0 saturated heterocycles. The zero-order valence-corrected chi connectivity index (χ0v) is 16.2. The van der Waals surface area contributed by atoms with E-state index < -0.39 is 10.0 Å². The van der Waals surface area contributed by atoms with Crippen LogP contribution in [0, 0.1) is 0 Å². The average molecular weight is 401 g/mol. The highest BCUT2D eigenvalue weighted by Crippen LogP contribution is 2.14. The fourth-order valence-corrected chi connectivity index (χ4v) is 3.95. The number of benzene rings is 1. The van der Waals surface area contributed by atoms with Gasteiger partial charge in [0.05, 0.1) is 11.4 Å². The van der Waals surface area contributed by atoms with E-state index in [1.165, 1.54) is 17.0 Å². The lowest BCUT2D eigenvalue weighted by Crippen LogP contribution is -2.41. The summed E-state index contributed by atoms with van der Waals surface area (Å²) in [6, 6.07) is 10.2. The second kappa shape index (κ2) is 9.76. The van der Waals surface area contributed by atoms with E-state index in [1.54, 1.807) is 23.5 Å². The third-order valence-electron chi connectivity index (χ3n) is 3.13. The molecule has 2 aromatic rings. The second-order valence-corrected chi connectivity index (χ2v) is 8.29. The Bertz CT molecular complexity index is 792. The Balaban J connectivity index is 1.84. The number of hydrogen-bond donors (Lipinski definition) is 3. The SMILES string of the molecule is CCNC(=NCc1cccs1)NCCNS(=O)(=O)c1cccc(Cl)c1. The van der Waals surface area contributed by atoms with Crippen LogP contribution < -0.4 is 15.4 Å².